The van der Waals surface area contributed by atoms with Gasteiger partial charge in [-0.1, -0.05) is 33.1 Å². The largest absolute Gasteiger partial charge is 0.198 e. The predicted molar refractivity (Wildman–Crippen MR) is 45.9 cm³/mol. The van der Waals surface area contributed by atoms with Crippen molar-refractivity contribution in [3.63, 3.8) is 0 Å². The molecule has 1 aliphatic rings. The van der Waals surface area contributed by atoms with Gasteiger partial charge in [0.05, 0.1) is 6.07 Å². The molecule has 0 amide bonds. The summed E-state index contributed by atoms with van der Waals surface area (Å²) in [7, 11) is 0. The van der Waals surface area contributed by atoms with Crippen molar-refractivity contribution in [2.45, 2.75) is 39.5 Å². The molecule has 0 bridgehead atoms. The standard InChI is InChI=1S/C10H17N/c1-8(2)10(6-7-11)9-4-3-5-9/h8-10H,3-6H2,1-2H3. The maximum atomic E-state index is 8.60. The van der Waals surface area contributed by atoms with Crippen LogP contribution in [0.5, 0.6) is 0 Å². The minimum Gasteiger partial charge on any atom is -0.198 e. The fourth-order valence-electron chi connectivity index (χ4n) is 1.92. The maximum absolute atomic E-state index is 8.60. The van der Waals surface area contributed by atoms with E-state index in [1.807, 2.05) is 0 Å². The second-order valence-electron chi connectivity index (χ2n) is 3.96. The zero-order valence-electron chi connectivity index (χ0n) is 7.51. The van der Waals surface area contributed by atoms with Gasteiger partial charge in [0, 0.05) is 6.42 Å². The Morgan fingerprint density at radius 2 is 2.09 bits per heavy atom. The fourth-order valence-corrected chi connectivity index (χ4v) is 1.92. The third-order valence-electron chi connectivity index (χ3n) is 2.94. The molecule has 0 radical (unpaired) electrons. The number of nitriles is 1. The van der Waals surface area contributed by atoms with Crippen LogP contribution in [-0.4, -0.2) is 0 Å². The maximum Gasteiger partial charge on any atom is 0.0624 e. The monoisotopic (exact) mass is 151 g/mol. The highest BCUT2D eigenvalue weighted by Crippen LogP contribution is 2.38. The second-order valence-corrected chi connectivity index (χ2v) is 3.96. The van der Waals surface area contributed by atoms with E-state index in [0.29, 0.717) is 11.8 Å². The predicted octanol–water partition coefficient (Wildman–Crippen LogP) is 2.97. The normalized spacial score (nSPS) is 20.9. The zero-order chi connectivity index (χ0) is 8.27. The smallest absolute Gasteiger partial charge is 0.0624 e. The Labute approximate surface area is 69.4 Å². The number of rotatable bonds is 3. The molecular formula is C10H17N. The second kappa shape index (κ2) is 3.76. The molecule has 1 nitrogen and oxygen atoms in total. The van der Waals surface area contributed by atoms with Gasteiger partial charge in [0.2, 0.25) is 0 Å². The van der Waals surface area contributed by atoms with Gasteiger partial charge in [0.25, 0.3) is 0 Å². The fraction of sp³-hybridized carbons (Fsp3) is 0.900. The average molecular weight is 151 g/mol. The molecule has 1 atom stereocenters. The Balaban J connectivity index is 2.39. The third-order valence-corrected chi connectivity index (χ3v) is 2.94. The van der Waals surface area contributed by atoms with Crippen LogP contribution in [0.2, 0.25) is 0 Å². The number of nitrogens with zero attached hydrogens (tertiary/aromatic N) is 1. The van der Waals surface area contributed by atoms with E-state index in [4.69, 9.17) is 5.26 Å². The van der Waals surface area contributed by atoms with Gasteiger partial charge in [-0.05, 0) is 17.8 Å². The van der Waals surface area contributed by atoms with Crippen molar-refractivity contribution >= 4 is 0 Å². The molecule has 0 saturated heterocycles. The number of hydrogen-bond acceptors (Lipinski definition) is 1. The highest BCUT2D eigenvalue weighted by atomic mass is 14.4. The van der Waals surface area contributed by atoms with Gasteiger partial charge in [-0.25, -0.2) is 0 Å². The molecule has 0 aromatic heterocycles. The van der Waals surface area contributed by atoms with Crippen molar-refractivity contribution in [2.24, 2.45) is 17.8 Å². The van der Waals surface area contributed by atoms with Gasteiger partial charge in [0.15, 0.2) is 0 Å². The Morgan fingerprint density at radius 3 is 2.36 bits per heavy atom. The third kappa shape index (κ3) is 1.96. The van der Waals surface area contributed by atoms with E-state index >= 15 is 0 Å². The van der Waals surface area contributed by atoms with Crippen LogP contribution in [0.1, 0.15) is 39.5 Å². The molecule has 62 valence electrons. The summed E-state index contributed by atoms with van der Waals surface area (Å²) < 4.78 is 0. The van der Waals surface area contributed by atoms with Crippen molar-refractivity contribution in [3.8, 4) is 6.07 Å². The van der Waals surface area contributed by atoms with E-state index in [1.165, 1.54) is 19.3 Å². The molecule has 11 heavy (non-hydrogen) atoms. The van der Waals surface area contributed by atoms with E-state index in [9.17, 15) is 0 Å². The summed E-state index contributed by atoms with van der Waals surface area (Å²) in [5, 5.41) is 8.60. The molecule has 1 saturated carbocycles. The van der Waals surface area contributed by atoms with E-state index in [1.54, 1.807) is 0 Å². The molecule has 0 aromatic carbocycles. The van der Waals surface area contributed by atoms with E-state index in [2.05, 4.69) is 19.9 Å². The van der Waals surface area contributed by atoms with Gasteiger partial charge in [-0.2, -0.15) is 5.26 Å². The lowest BCUT2D eigenvalue weighted by Gasteiger charge is -2.34. The van der Waals surface area contributed by atoms with E-state index < -0.39 is 0 Å². The summed E-state index contributed by atoms with van der Waals surface area (Å²) in [6.45, 7) is 4.47. The minimum atomic E-state index is 0.675. The molecule has 0 aromatic rings. The number of hydrogen-bond donors (Lipinski definition) is 0. The highest BCUT2D eigenvalue weighted by molar-refractivity contribution is 4.86. The first-order valence-electron chi connectivity index (χ1n) is 4.62. The van der Waals surface area contributed by atoms with Crippen molar-refractivity contribution in [1.82, 2.24) is 0 Å². The average Bonchev–Trinajstić information content (AvgIpc) is 1.82. The summed E-state index contributed by atoms with van der Waals surface area (Å²) in [5.74, 6) is 2.24. The molecule has 1 heteroatoms. The Kier molecular flexibility index (Phi) is 2.93. The van der Waals surface area contributed by atoms with Gasteiger partial charge in [0.1, 0.15) is 0 Å². The van der Waals surface area contributed by atoms with Crippen LogP contribution in [-0.2, 0) is 0 Å². The first-order valence-corrected chi connectivity index (χ1v) is 4.62. The van der Waals surface area contributed by atoms with Crippen LogP contribution in [0.4, 0.5) is 0 Å². The van der Waals surface area contributed by atoms with Crippen molar-refractivity contribution in [2.75, 3.05) is 0 Å². The Morgan fingerprint density at radius 1 is 1.45 bits per heavy atom. The lowest BCUT2D eigenvalue weighted by Crippen LogP contribution is -2.25. The topological polar surface area (TPSA) is 23.8 Å². The van der Waals surface area contributed by atoms with Gasteiger partial charge in [-0.3, -0.25) is 0 Å². The van der Waals surface area contributed by atoms with Crippen LogP contribution >= 0.6 is 0 Å². The molecule has 1 rings (SSSR count). The molecule has 0 N–H and O–H groups in total. The molecule has 0 heterocycles. The molecule has 1 unspecified atom stereocenters. The summed E-state index contributed by atoms with van der Waals surface area (Å²) in [4.78, 5) is 0. The van der Waals surface area contributed by atoms with Gasteiger partial charge < -0.3 is 0 Å². The summed E-state index contributed by atoms with van der Waals surface area (Å²) in [6.07, 6.45) is 4.89. The Hall–Kier alpha value is -0.510. The molecule has 0 spiro atoms. The zero-order valence-corrected chi connectivity index (χ0v) is 7.51. The van der Waals surface area contributed by atoms with Crippen molar-refractivity contribution in [3.05, 3.63) is 0 Å². The summed E-state index contributed by atoms with van der Waals surface area (Å²) in [5.41, 5.74) is 0. The van der Waals surface area contributed by atoms with Crippen molar-refractivity contribution < 1.29 is 0 Å². The van der Waals surface area contributed by atoms with Crippen LogP contribution in [0.15, 0.2) is 0 Å². The van der Waals surface area contributed by atoms with Crippen LogP contribution in [0.25, 0.3) is 0 Å². The molecular weight excluding hydrogens is 134 g/mol. The summed E-state index contributed by atoms with van der Waals surface area (Å²) in [6, 6.07) is 2.30. The van der Waals surface area contributed by atoms with Gasteiger partial charge >= 0.3 is 0 Å². The van der Waals surface area contributed by atoms with E-state index in [0.717, 1.165) is 12.3 Å². The SMILES string of the molecule is CC(C)C(CC#N)C1CCC1. The Bertz CT molecular complexity index is 151. The minimum absolute atomic E-state index is 0.675. The lowest BCUT2D eigenvalue weighted by molar-refractivity contribution is 0.163. The van der Waals surface area contributed by atoms with E-state index in [-0.39, 0.29) is 0 Å². The lowest BCUT2D eigenvalue weighted by atomic mass is 9.70. The summed E-state index contributed by atoms with van der Waals surface area (Å²) >= 11 is 0. The van der Waals surface area contributed by atoms with Gasteiger partial charge in [-0.15, -0.1) is 0 Å². The molecule has 0 aliphatic heterocycles. The van der Waals surface area contributed by atoms with Crippen LogP contribution in [0.3, 0.4) is 0 Å². The van der Waals surface area contributed by atoms with Crippen molar-refractivity contribution in [1.29, 1.82) is 5.26 Å². The van der Waals surface area contributed by atoms with Crippen LogP contribution < -0.4 is 0 Å². The quantitative estimate of drug-likeness (QED) is 0.608. The molecule has 1 fully saturated rings. The highest BCUT2D eigenvalue weighted by Gasteiger charge is 2.28. The first-order chi connectivity index (χ1) is 5.25. The van der Waals surface area contributed by atoms with Crippen LogP contribution in [0, 0.1) is 29.1 Å². The first kappa shape index (κ1) is 8.59. The molecule has 1 aliphatic carbocycles.